The van der Waals surface area contributed by atoms with Gasteiger partial charge in [0, 0.05) is 13.1 Å². The highest BCUT2D eigenvalue weighted by atomic mass is 19.1. The zero-order chi connectivity index (χ0) is 20.8. The Kier molecular flexibility index (Phi) is 6.39. The lowest BCUT2D eigenvalue weighted by Crippen LogP contribution is -2.34. The van der Waals surface area contributed by atoms with Gasteiger partial charge in [0.2, 0.25) is 5.89 Å². The summed E-state index contributed by atoms with van der Waals surface area (Å²) in [6.07, 6.45) is 1.40. The topological polar surface area (TPSA) is 72.6 Å². The van der Waals surface area contributed by atoms with Crippen molar-refractivity contribution < 1.29 is 23.1 Å². The van der Waals surface area contributed by atoms with Gasteiger partial charge in [-0.05, 0) is 38.1 Å². The molecular weight excluding hydrogens is 375 g/mol. The number of hydrogen-bond donors (Lipinski definition) is 0. The molecule has 1 amide bonds. The molecule has 0 atom stereocenters. The van der Waals surface area contributed by atoms with Gasteiger partial charge in [0.15, 0.2) is 12.4 Å². The maximum atomic E-state index is 14.0. The highest BCUT2D eigenvalue weighted by Gasteiger charge is 2.20. The number of halogens is 1. The van der Waals surface area contributed by atoms with Crippen molar-refractivity contribution in [2.75, 3.05) is 19.7 Å². The Bertz CT molecular complexity index is 1010. The van der Waals surface area contributed by atoms with Crippen LogP contribution >= 0.6 is 0 Å². The molecule has 0 saturated carbocycles. The fraction of sp³-hybridized carbons (Fsp3) is 0.227. The molecule has 2 aromatic carbocycles. The molecule has 1 aromatic heterocycles. The number of benzene rings is 2. The number of rotatable bonds is 7. The molecule has 150 valence electrons. The Labute approximate surface area is 167 Å². The van der Waals surface area contributed by atoms with Gasteiger partial charge >= 0.3 is 5.97 Å². The first kappa shape index (κ1) is 20.3. The molecule has 0 aliphatic carbocycles. The zero-order valence-corrected chi connectivity index (χ0v) is 16.2. The lowest BCUT2D eigenvalue weighted by atomic mass is 10.1. The third kappa shape index (κ3) is 4.51. The molecule has 29 heavy (non-hydrogen) atoms. The number of hydrogen-bond acceptors (Lipinski definition) is 5. The summed E-state index contributed by atoms with van der Waals surface area (Å²) in [6.45, 7) is 4.45. The normalized spacial score (nSPS) is 10.6. The van der Waals surface area contributed by atoms with Gasteiger partial charge in [-0.25, -0.2) is 14.2 Å². The second-order valence-corrected chi connectivity index (χ2v) is 6.20. The van der Waals surface area contributed by atoms with Crippen LogP contribution in [0.2, 0.25) is 0 Å². The minimum atomic E-state index is -0.660. The number of carbonyl (C=O) groups is 2. The molecule has 0 bridgehead atoms. The van der Waals surface area contributed by atoms with Crippen LogP contribution < -0.4 is 0 Å². The van der Waals surface area contributed by atoms with Gasteiger partial charge in [-0.3, -0.25) is 4.79 Å². The Hall–Kier alpha value is -3.48. The van der Waals surface area contributed by atoms with E-state index in [2.05, 4.69) is 4.98 Å². The predicted octanol–water partition coefficient (Wildman–Crippen LogP) is 4.17. The fourth-order valence-corrected chi connectivity index (χ4v) is 2.90. The third-order valence-electron chi connectivity index (χ3n) is 4.47. The Morgan fingerprint density at radius 1 is 1.03 bits per heavy atom. The smallest absolute Gasteiger partial charge is 0.339 e. The number of amides is 1. The van der Waals surface area contributed by atoms with Crippen LogP contribution in [-0.4, -0.2) is 41.5 Å². The van der Waals surface area contributed by atoms with Crippen LogP contribution in [0.4, 0.5) is 4.39 Å². The van der Waals surface area contributed by atoms with Crippen molar-refractivity contribution in [3.8, 4) is 22.8 Å². The molecular formula is C22H21FN2O4. The van der Waals surface area contributed by atoms with Gasteiger partial charge in [0.05, 0.1) is 22.9 Å². The molecule has 3 aromatic rings. The van der Waals surface area contributed by atoms with E-state index in [4.69, 9.17) is 9.15 Å². The maximum Gasteiger partial charge on any atom is 0.339 e. The monoisotopic (exact) mass is 396 g/mol. The molecule has 0 saturated heterocycles. The van der Waals surface area contributed by atoms with Crippen molar-refractivity contribution in [2.45, 2.75) is 13.8 Å². The van der Waals surface area contributed by atoms with Gasteiger partial charge in [-0.15, -0.1) is 0 Å². The number of carbonyl (C=O) groups excluding carboxylic acids is 2. The summed E-state index contributed by atoms with van der Waals surface area (Å²) in [5, 5.41) is 0. The molecule has 3 rings (SSSR count). The lowest BCUT2D eigenvalue weighted by molar-refractivity contribution is -0.134. The van der Waals surface area contributed by atoms with Crippen molar-refractivity contribution in [1.82, 2.24) is 9.88 Å². The van der Waals surface area contributed by atoms with Crippen LogP contribution in [0.5, 0.6) is 0 Å². The summed E-state index contributed by atoms with van der Waals surface area (Å²) in [6, 6.07) is 12.8. The van der Waals surface area contributed by atoms with Crippen LogP contribution in [0.15, 0.2) is 59.1 Å². The van der Waals surface area contributed by atoms with E-state index in [0.29, 0.717) is 18.7 Å². The van der Waals surface area contributed by atoms with Crippen molar-refractivity contribution in [3.63, 3.8) is 0 Å². The largest absolute Gasteiger partial charge is 0.452 e. The number of likely N-dealkylation sites (N-methyl/N-ethyl adjacent to an activating group) is 1. The summed E-state index contributed by atoms with van der Waals surface area (Å²) in [5.74, 6) is -0.952. The summed E-state index contributed by atoms with van der Waals surface area (Å²) in [7, 11) is 0. The molecule has 0 radical (unpaired) electrons. The first-order chi connectivity index (χ1) is 14.0. The van der Waals surface area contributed by atoms with Crippen LogP contribution in [0.1, 0.15) is 24.2 Å². The van der Waals surface area contributed by atoms with Crippen LogP contribution in [-0.2, 0) is 9.53 Å². The number of esters is 1. The highest BCUT2D eigenvalue weighted by Crippen LogP contribution is 2.29. The molecule has 6 nitrogen and oxygen atoms in total. The molecule has 0 aliphatic rings. The number of ether oxygens (including phenoxy) is 1. The van der Waals surface area contributed by atoms with Crippen molar-refractivity contribution in [3.05, 3.63) is 66.1 Å². The molecule has 0 spiro atoms. The predicted molar refractivity (Wildman–Crippen MR) is 106 cm³/mol. The summed E-state index contributed by atoms with van der Waals surface area (Å²) in [4.78, 5) is 30.4. The number of aromatic nitrogens is 1. The van der Waals surface area contributed by atoms with Gasteiger partial charge in [0.1, 0.15) is 5.82 Å². The van der Waals surface area contributed by atoms with E-state index >= 15 is 0 Å². The average Bonchev–Trinajstić information content (AvgIpc) is 3.23. The zero-order valence-electron chi connectivity index (χ0n) is 16.2. The van der Waals surface area contributed by atoms with E-state index in [1.807, 2.05) is 13.8 Å². The van der Waals surface area contributed by atoms with Gasteiger partial charge in [-0.1, -0.05) is 24.3 Å². The van der Waals surface area contributed by atoms with Crippen LogP contribution in [0.25, 0.3) is 22.8 Å². The van der Waals surface area contributed by atoms with E-state index < -0.39 is 11.8 Å². The summed E-state index contributed by atoms with van der Waals surface area (Å²) < 4.78 is 24.9. The lowest BCUT2D eigenvalue weighted by Gasteiger charge is -2.18. The fourth-order valence-electron chi connectivity index (χ4n) is 2.90. The third-order valence-corrected chi connectivity index (χ3v) is 4.47. The van der Waals surface area contributed by atoms with Gasteiger partial charge in [-0.2, -0.15) is 0 Å². The van der Waals surface area contributed by atoms with E-state index in [-0.39, 0.29) is 35.3 Å². The molecule has 0 fully saturated rings. The first-order valence-corrected chi connectivity index (χ1v) is 9.30. The molecule has 7 heteroatoms. The van der Waals surface area contributed by atoms with Crippen LogP contribution in [0.3, 0.4) is 0 Å². The minimum absolute atomic E-state index is 0.158. The van der Waals surface area contributed by atoms with Crippen molar-refractivity contribution >= 4 is 11.9 Å². The second kappa shape index (κ2) is 9.14. The Morgan fingerprint density at radius 3 is 2.38 bits per heavy atom. The Balaban J connectivity index is 1.82. The standard InChI is InChI=1S/C22H21FN2O4/c1-3-25(4-2)20(26)14-28-22(27)16-10-6-5-9-15(16)21-24-13-19(29-21)17-11-7-8-12-18(17)23/h5-13H,3-4,14H2,1-2H3. The summed E-state index contributed by atoms with van der Waals surface area (Å²) >= 11 is 0. The first-order valence-electron chi connectivity index (χ1n) is 9.30. The average molecular weight is 396 g/mol. The molecule has 0 N–H and O–H groups in total. The number of oxazole rings is 1. The molecule has 0 aliphatic heterocycles. The second-order valence-electron chi connectivity index (χ2n) is 6.20. The SMILES string of the molecule is CCN(CC)C(=O)COC(=O)c1ccccc1-c1ncc(-c2ccccc2F)o1. The van der Waals surface area contributed by atoms with Crippen molar-refractivity contribution in [2.24, 2.45) is 0 Å². The molecule has 0 unspecified atom stereocenters. The van der Waals surface area contributed by atoms with Gasteiger partial charge < -0.3 is 14.1 Å². The maximum absolute atomic E-state index is 14.0. The van der Waals surface area contributed by atoms with E-state index in [9.17, 15) is 14.0 Å². The highest BCUT2D eigenvalue weighted by molar-refractivity contribution is 5.97. The van der Waals surface area contributed by atoms with Crippen molar-refractivity contribution in [1.29, 1.82) is 0 Å². The van der Waals surface area contributed by atoms with E-state index in [0.717, 1.165) is 0 Å². The Morgan fingerprint density at radius 2 is 1.69 bits per heavy atom. The van der Waals surface area contributed by atoms with E-state index in [1.54, 1.807) is 47.4 Å². The van der Waals surface area contributed by atoms with E-state index in [1.165, 1.54) is 12.3 Å². The molecule has 1 heterocycles. The number of nitrogens with zero attached hydrogens (tertiary/aromatic N) is 2. The minimum Gasteiger partial charge on any atom is -0.452 e. The van der Waals surface area contributed by atoms with Crippen LogP contribution in [0, 0.1) is 5.82 Å². The quantitative estimate of drug-likeness (QED) is 0.561. The van der Waals surface area contributed by atoms with Gasteiger partial charge in [0.25, 0.3) is 5.91 Å². The summed E-state index contributed by atoms with van der Waals surface area (Å²) in [5.41, 5.74) is 0.883.